The molecule has 200 valence electrons. The normalized spacial score (nSPS) is 16.3. The molecule has 0 aliphatic carbocycles. The number of amides is 1. The zero-order valence-corrected chi connectivity index (χ0v) is 20.7. The first-order chi connectivity index (χ1) is 18.1. The Balaban J connectivity index is 1.92. The third-order valence-corrected chi connectivity index (χ3v) is 6.35. The number of methoxy groups -OCH3 is 3. The van der Waals surface area contributed by atoms with E-state index in [0.29, 0.717) is 11.1 Å². The average Bonchev–Trinajstić information content (AvgIpc) is 3.28. The third kappa shape index (κ3) is 4.96. The van der Waals surface area contributed by atoms with E-state index in [2.05, 4.69) is 4.74 Å². The number of ether oxygens (including phenoxy) is 4. The van der Waals surface area contributed by atoms with E-state index in [1.165, 1.54) is 21.3 Å². The molecular formula is C27H24F3NO7. The van der Waals surface area contributed by atoms with Crippen molar-refractivity contribution in [2.75, 3.05) is 21.3 Å². The molecule has 1 saturated heterocycles. The Bertz CT molecular complexity index is 1360. The summed E-state index contributed by atoms with van der Waals surface area (Å²) >= 11 is 0. The van der Waals surface area contributed by atoms with Gasteiger partial charge in [-0.2, -0.15) is 13.2 Å². The molecule has 4 rings (SSSR count). The van der Waals surface area contributed by atoms with E-state index < -0.39 is 36.1 Å². The monoisotopic (exact) mass is 531 g/mol. The molecular weight excluding hydrogens is 507 g/mol. The Labute approximate surface area is 215 Å². The van der Waals surface area contributed by atoms with Crippen LogP contribution in [0.25, 0.3) is 10.8 Å². The lowest BCUT2D eigenvalue weighted by atomic mass is 9.91. The molecule has 3 aromatic carbocycles. The minimum Gasteiger partial charge on any atom is -0.493 e. The van der Waals surface area contributed by atoms with Crippen molar-refractivity contribution < 1.29 is 46.5 Å². The number of rotatable bonds is 7. The second kappa shape index (κ2) is 10.6. The van der Waals surface area contributed by atoms with Crippen molar-refractivity contribution >= 4 is 28.6 Å². The van der Waals surface area contributed by atoms with Gasteiger partial charge in [0.1, 0.15) is 6.04 Å². The van der Waals surface area contributed by atoms with Crippen LogP contribution in [0, 0.1) is 0 Å². The Kier molecular flexibility index (Phi) is 7.47. The fourth-order valence-electron chi connectivity index (χ4n) is 4.71. The SMILES string of the molecule is COc1cc([C@H](c2cccc3ccccc23)N2C(=O)CC[C@@H]2C(=O)OC(=O)C(F)(F)F)cc(OC)c1OC. The van der Waals surface area contributed by atoms with Crippen LogP contribution in [0.5, 0.6) is 17.2 Å². The standard InChI is InChI=1S/C27H24F3NO7/c1-35-20-13-16(14-21(36-2)24(20)37-3)23(18-10-6-8-15-7-4-5-9-17(15)18)31-19(11-12-22(31)32)25(33)38-26(34)27(28,29)30/h4-10,13-14,19,23H,11-12H2,1-3H3/t19-,23-/m1/s1. The molecule has 1 fully saturated rings. The summed E-state index contributed by atoms with van der Waals surface area (Å²) in [5, 5.41) is 1.58. The number of benzene rings is 3. The molecule has 0 saturated carbocycles. The minimum absolute atomic E-state index is 0.130. The van der Waals surface area contributed by atoms with Gasteiger partial charge in [0.2, 0.25) is 11.7 Å². The van der Waals surface area contributed by atoms with E-state index in [4.69, 9.17) is 14.2 Å². The Hall–Kier alpha value is -4.28. The highest BCUT2D eigenvalue weighted by molar-refractivity contribution is 5.96. The first-order valence-corrected chi connectivity index (χ1v) is 11.5. The summed E-state index contributed by atoms with van der Waals surface area (Å²) in [6, 6.07) is 13.5. The molecule has 11 heteroatoms. The summed E-state index contributed by atoms with van der Waals surface area (Å²) in [5.41, 5.74) is 1.03. The molecule has 0 aromatic heterocycles. The van der Waals surface area contributed by atoms with Crippen LogP contribution < -0.4 is 14.2 Å². The average molecular weight is 531 g/mol. The molecule has 1 aliphatic rings. The Morgan fingerprint density at radius 2 is 1.58 bits per heavy atom. The second-order valence-electron chi connectivity index (χ2n) is 8.49. The van der Waals surface area contributed by atoms with Gasteiger partial charge in [-0.25, -0.2) is 9.59 Å². The maximum Gasteiger partial charge on any atom is 0.491 e. The van der Waals surface area contributed by atoms with Gasteiger partial charge in [0.05, 0.1) is 27.4 Å². The lowest BCUT2D eigenvalue weighted by Crippen LogP contribution is -2.44. The number of likely N-dealkylation sites (tertiary alicyclic amines) is 1. The fourth-order valence-corrected chi connectivity index (χ4v) is 4.71. The highest BCUT2D eigenvalue weighted by Crippen LogP contribution is 2.45. The number of esters is 2. The van der Waals surface area contributed by atoms with E-state index >= 15 is 0 Å². The maximum absolute atomic E-state index is 13.3. The van der Waals surface area contributed by atoms with Crippen LogP contribution in [0.1, 0.15) is 30.0 Å². The van der Waals surface area contributed by atoms with E-state index in [9.17, 15) is 27.6 Å². The largest absolute Gasteiger partial charge is 0.493 e. The van der Waals surface area contributed by atoms with Crippen LogP contribution in [0.3, 0.4) is 0 Å². The summed E-state index contributed by atoms with van der Waals surface area (Å²) in [5.74, 6) is -3.78. The molecule has 1 aliphatic heterocycles. The Morgan fingerprint density at radius 1 is 0.947 bits per heavy atom. The van der Waals surface area contributed by atoms with Crippen molar-refractivity contribution in [2.45, 2.75) is 31.1 Å². The van der Waals surface area contributed by atoms with Gasteiger partial charge in [0, 0.05) is 6.42 Å². The predicted octanol–water partition coefficient (Wildman–Crippen LogP) is 4.58. The van der Waals surface area contributed by atoms with Crippen molar-refractivity contribution in [3.05, 3.63) is 65.7 Å². The van der Waals surface area contributed by atoms with Crippen LogP contribution in [0.15, 0.2) is 54.6 Å². The van der Waals surface area contributed by atoms with Gasteiger partial charge in [-0.1, -0.05) is 42.5 Å². The van der Waals surface area contributed by atoms with E-state index in [1.54, 1.807) is 30.3 Å². The number of carbonyl (C=O) groups is 3. The molecule has 0 unspecified atom stereocenters. The first kappa shape index (κ1) is 26.8. The van der Waals surface area contributed by atoms with Crippen molar-refractivity contribution in [3.8, 4) is 17.2 Å². The van der Waals surface area contributed by atoms with Crippen LogP contribution >= 0.6 is 0 Å². The zero-order valence-electron chi connectivity index (χ0n) is 20.7. The van der Waals surface area contributed by atoms with Crippen LogP contribution in [-0.4, -0.2) is 56.3 Å². The van der Waals surface area contributed by atoms with E-state index in [-0.39, 0.29) is 30.1 Å². The van der Waals surface area contributed by atoms with E-state index in [0.717, 1.165) is 15.7 Å². The van der Waals surface area contributed by atoms with Crippen molar-refractivity contribution in [3.63, 3.8) is 0 Å². The summed E-state index contributed by atoms with van der Waals surface area (Å²) in [7, 11) is 4.26. The van der Waals surface area contributed by atoms with Crippen molar-refractivity contribution in [1.29, 1.82) is 0 Å². The van der Waals surface area contributed by atoms with Crippen molar-refractivity contribution in [1.82, 2.24) is 4.90 Å². The second-order valence-corrected chi connectivity index (χ2v) is 8.49. The van der Waals surface area contributed by atoms with Crippen LogP contribution in [-0.2, 0) is 19.1 Å². The predicted molar refractivity (Wildman–Crippen MR) is 129 cm³/mol. The molecule has 0 bridgehead atoms. The summed E-state index contributed by atoms with van der Waals surface area (Å²) in [6.07, 6.45) is -5.63. The number of alkyl halides is 3. The Morgan fingerprint density at radius 3 is 2.18 bits per heavy atom. The fraction of sp³-hybridized carbons (Fsp3) is 0.296. The molecule has 3 aromatic rings. The molecule has 1 heterocycles. The molecule has 0 spiro atoms. The number of carbonyl (C=O) groups excluding carboxylic acids is 3. The van der Waals surface area contributed by atoms with E-state index in [1.807, 2.05) is 24.3 Å². The first-order valence-electron chi connectivity index (χ1n) is 11.5. The minimum atomic E-state index is -5.37. The third-order valence-electron chi connectivity index (χ3n) is 6.35. The number of halogens is 3. The molecule has 0 radical (unpaired) electrons. The van der Waals surface area contributed by atoms with Crippen LogP contribution in [0.4, 0.5) is 13.2 Å². The molecule has 1 amide bonds. The van der Waals surface area contributed by atoms with Gasteiger partial charge in [0.15, 0.2) is 11.5 Å². The van der Waals surface area contributed by atoms with Gasteiger partial charge < -0.3 is 23.8 Å². The van der Waals surface area contributed by atoms with Gasteiger partial charge in [-0.3, -0.25) is 4.79 Å². The smallest absolute Gasteiger partial charge is 0.491 e. The van der Waals surface area contributed by atoms with Gasteiger partial charge >= 0.3 is 18.1 Å². The van der Waals surface area contributed by atoms with Gasteiger partial charge in [-0.05, 0) is 40.5 Å². The topological polar surface area (TPSA) is 91.4 Å². The number of nitrogens with zero attached hydrogens (tertiary/aromatic N) is 1. The highest BCUT2D eigenvalue weighted by Gasteiger charge is 2.48. The van der Waals surface area contributed by atoms with Crippen molar-refractivity contribution in [2.24, 2.45) is 0 Å². The summed E-state index contributed by atoms with van der Waals surface area (Å²) in [6.45, 7) is 0. The quantitative estimate of drug-likeness (QED) is 0.326. The molecule has 38 heavy (non-hydrogen) atoms. The van der Waals surface area contributed by atoms with Gasteiger partial charge in [-0.15, -0.1) is 0 Å². The van der Waals surface area contributed by atoms with Gasteiger partial charge in [0.25, 0.3) is 0 Å². The molecule has 8 nitrogen and oxygen atoms in total. The lowest BCUT2D eigenvalue weighted by Gasteiger charge is -2.34. The lowest BCUT2D eigenvalue weighted by molar-refractivity contribution is -0.203. The number of hydrogen-bond donors (Lipinski definition) is 0. The number of fused-ring (bicyclic) bond motifs is 1. The van der Waals surface area contributed by atoms with Crippen LogP contribution in [0.2, 0.25) is 0 Å². The summed E-state index contributed by atoms with van der Waals surface area (Å²) < 4.78 is 59.0. The maximum atomic E-state index is 13.3. The highest BCUT2D eigenvalue weighted by atomic mass is 19.4. The zero-order chi connectivity index (χ0) is 27.6. The number of hydrogen-bond acceptors (Lipinski definition) is 7. The summed E-state index contributed by atoms with van der Waals surface area (Å²) in [4.78, 5) is 38.7. The molecule has 0 N–H and O–H groups in total. The molecule has 2 atom stereocenters.